The molecule has 0 aliphatic carbocycles. The predicted octanol–water partition coefficient (Wildman–Crippen LogP) is 3.98. The van der Waals surface area contributed by atoms with Gasteiger partial charge in [0, 0.05) is 46.5 Å². The number of benzene rings is 2. The third kappa shape index (κ3) is 3.78. The van der Waals surface area contributed by atoms with Crippen LogP contribution in [0.5, 0.6) is 5.75 Å². The Morgan fingerprint density at radius 2 is 1.94 bits per heavy atom. The lowest BCUT2D eigenvalue weighted by Gasteiger charge is -2.18. The highest BCUT2D eigenvalue weighted by atomic mass is 16.5. The number of nitrogens with one attached hydrogen (secondary N) is 1. The zero-order chi connectivity index (χ0) is 24.7. The number of nitrogens with zero attached hydrogens (tertiary/aromatic N) is 2. The van der Waals surface area contributed by atoms with Crippen LogP contribution >= 0.6 is 0 Å². The molecule has 7 nitrogen and oxygen atoms in total. The van der Waals surface area contributed by atoms with E-state index in [1.54, 1.807) is 17.5 Å². The fourth-order valence-corrected chi connectivity index (χ4v) is 4.78. The number of aliphatic hydroxyl groups is 1. The summed E-state index contributed by atoms with van der Waals surface area (Å²) in [6, 6.07) is 13.2. The van der Waals surface area contributed by atoms with Crippen LogP contribution in [0.15, 0.2) is 65.6 Å². The second-order valence-corrected chi connectivity index (χ2v) is 8.94. The van der Waals surface area contributed by atoms with Crippen LogP contribution in [0.3, 0.4) is 0 Å². The van der Waals surface area contributed by atoms with Crippen molar-refractivity contribution in [2.45, 2.75) is 32.8 Å². The van der Waals surface area contributed by atoms with E-state index in [0.29, 0.717) is 30.5 Å². The van der Waals surface area contributed by atoms with Gasteiger partial charge in [0.15, 0.2) is 6.10 Å². The van der Waals surface area contributed by atoms with Gasteiger partial charge in [-0.2, -0.15) is 0 Å². The number of ether oxygens (including phenoxy) is 1. The molecule has 3 aromatic heterocycles. The smallest absolute Gasteiger partial charge is 0.263 e. The topological polar surface area (TPSA) is 92.9 Å². The molecule has 2 N–H and O–H groups in total. The van der Waals surface area contributed by atoms with Gasteiger partial charge >= 0.3 is 0 Å². The largest absolute Gasteiger partial charge is 0.481 e. The van der Waals surface area contributed by atoms with Crippen molar-refractivity contribution in [1.82, 2.24) is 14.7 Å². The maximum atomic E-state index is 13.6. The van der Waals surface area contributed by atoms with Gasteiger partial charge in [-0.05, 0) is 51.0 Å². The molecule has 1 amide bonds. The monoisotopic (exact) mass is 469 g/mol. The molecule has 0 radical (unpaired) electrons. The van der Waals surface area contributed by atoms with Crippen molar-refractivity contribution in [2.75, 3.05) is 13.2 Å². The van der Waals surface area contributed by atoms with Gasteiger partial charge in [-0.25, -0.2) is 0 Å². The van der Waals surface area contributed by atoms with E-state index in [1.807, 2.05) is 49.4 Å². The van der Waals surface area contributed by atoms with Gasteiger partial charge < -0.3 is 15.2 Å². The Balaban J connectivity index is 1.75. The van der Waals surface area contributed by atoms with E-state index in [-0.39, 0.29) is 18.1 Å². The molecule has 0 saturated carbocycles. The lowest BCUT2D eigenvalue weighted by Crippen LogP contribution is -2.37. The van der Waals surface area contributed by atoms with Gasteiger partial charge in [-0.15, -0.1) is 0 Å². The maximum absolute atomic E-state index is 13.6. The molecule has 2 aromatic carbocycles. The molecular formula is C28H27N3O4. The summed E-state index contributed by atoms with van der Waals surface area (Å²) in [4.78, 5) is 30.7. The lowest BCUT2D eigenvalue weighted by atomic mass is 9.99. The molecule has 1 atom stereocenters. The van der Waals surface area contributed by atoms with E-state index in [2.05, 4.69) is 16.9 Å². The summed E-state index contributed by atoms with van der Waals surface area (Å²) in [7, 11) is 0. The first-order valence-corrected chi connectivity index (χ1v) is 11.7. The van der Waals surface area contributed by atoms with E-state index < -0.39 is 6.10 Å². The molecule has 0 unspecified atom stereocenters. The van der Waals surface area contributed by atoms with Crippen molar-refractivity contribution in [1.29, 1.82) is 0 Å². The van der Waals surface area contributed by atoms with Crippen molar-refractivity contribution in [3.8, 4) is 5.75 Å². The Hall–Kier alpha value is -3.97. The van der Waals surface area contributed by atoms with E-state index in [1.165, 1.54) is 0 Å². The van der Waals surface area contributed by atoms with Crippen molar-refractivity contribution in [3.05, 3.63) is 76.7 Å². The number of pyridine rings is 2. The number of amides is 1. The predicted molar refractivity (Wildman–Crippen MR) is 138 cm³/mol. The molecule has 0 spiro atoms. The molecule has 7 heteroatoms. The summed E-state index contributed by atoms with van der Waals surface area (Å²) in [5.74, 6) is 0.323. The number of hydrogen-bond donors (Lipinski definition) is 2. The summed E-state index contributed by atoms with van der Waals surface area (Å²) >= 11 is 0. The van der Waals surface area contributed by atoms with E-state index in [9.17, 15) is 9.59 Å². The molecular weight excluding hydrogens is 442 g/mol. The second kappa shape index (κ2) is 9.00. The highest BCUT2D eigenvalue weighted by Crippen LogP contribution is 2.39. The molecule has 178 valence electrons. The van der Waals surface area contributed by atoms with Crippen LogP contribution in [0.1, 0.15) is 25.8 Å². The normalized spacial score (nSPS) is 12.5. The molecule has 0 aliphatic rings. The second-order valence-electron chi connectivity index (χ2n) is 8.94. The minimum Gasteiger partial charge on any atom is -0.481 e. The van der Waals surface area contributed by atoms with Crippen LogP contribution in [-0.4, -0.2) is 39.7 Å². The Kier molecular flexibility index (Phi) is 5.86. The first-order valence-electron chi connectivity index (χ1n) is 11.7. The van der Waals surface area contributed by atoms with Gasteiger partial charge in [0.1, 0.15) is 5.75 Å². The van der Waals surface area contributed by atoms with E-state index in [0.717, 1.165) is 43.8 Å². The SMILES string of the molecule is C=C(C)Cc1c(O[C@@H](C)C(=O)NCCCO)ccc2c1c1ccnc3c4ccccc4c(=O)n2c13. The molecule has 0 bridgehead atoms. The highest BCUT2D eigenvalue weighted by Gasteiger charge is 2.23. The minimum atomic E-state index is -0.734. The Morgan fingerprint density at radius 3 is 2.69 bits per heavy atom. The number of carbonyl (C=O) groups excluding carboxylic acids is 1. The zero-order valence-electron chi connectivity index (χ0n) is 19.8. The quantitative estimate of drug-likeness (QED) is 0.204. The number of carbonyl (C=O) groups is 1. The number of fused-ring (bicyclic) bond motifs is 5. The van der Waals surface area contributed by atoms with Gasteiger partial charge in [0.2, 0.25) is 0 Å². The zero-order valence-corrected chi connectivity index (χ0v) is 19.8. The molecule has 5 aromatic rings. The third-order valence-corrected chi connectivity index (χ3v) is 6.31. The maximum Gasteiger partial charge on any atom is 0.263 e. The molecule has 3 heterocycles. The van der Waals surface area contributed by atoms with Crippen molar-refractivity contribution >= 4 is 44.0 Å². The van der Waals surface area contributed by atoms with Crippen LogP contribution in [-0.2, 0) is 11.2 Å². The lowest BCUT2D eigenvalue weighted by molar-refractivity contribution is -0.127. The minimum absolute atomic E-state index is 0.0123. The summed E-state index contributed by atoms with van der Waals surface area (Å²) in [6.07, 6.45) is 2.05. The van der Waals surface area contributed by atoms with E-state index >= 15 is 0 Å². The van der Waals surface area contributed by atoms with Crippen LogP contribution in [0.25, 0.3) is 38.1 Å². The van der Waals surface area contributed by atoms with Gasteiger partial charge in [0.05, 0.1) is 16.6 Å². The van der Waals surface area contributed by atoms with Crippen molar-refractivity contribution in [2.24, 2.45) is 0 Å². The van der Waals surface area contributed by atoms with Crippen molar-refractivity contribution in [3.63, 3.8) is 0 Å². The summed E-state index contributed by atoms with van der Waals surface area (Å²) in [5, 5.41) is 15.0. The van der Waals surface area contributed by atoms with Crippen LogP contribution < -0.4 is 15.6 Å². The fraction of sp³-hybridized carbons (Fsp3) is 0.250. The highest BCUT2D eigenvalue weighted by molar-refractivity contribution is 6.19. The Bertz CT molecular complexity index is 1650. The molecule has 0 aliphatic heterocycles. The molecule has 0 fully saturated rings. The number of aromatic nitrogens is 2. The average molecular weight is 470 g/mol. The van der Waals surface area contributed by atoms with Gasteiger partial charge in [-0.3, -0.25) is 19.0 Å². The number of allylic oxidation sites excluding steroid dienone is 1. The first kappa shape index (κ1) is 22.8. The van der Waals surface area contributed by atoms with Crippen LogP contribution in [0.4, 0.5) is 0 Å². The van der Waals surface area contributed by atoms with Gasteiger partial charge in [0.25, 0.3) is 11.5 Å². The van der Waals surface area contributed by atoms with Gasteiger partial charge in [-0.1, -0.05) is 30.4 Å². The van der Waals surface area contributed by atoms with Crippen LogP contribution in [0.2, 0.25) is 0 Å². The fourth-order valence-electron chi connectivity index (χ4n) is 4.78. The van der Waals surface area contributed by atoms with Crippen LogP contribution in [0, 0.1) is 0 Å². The number of hydrogen-bond acceptors (Lipinski definition) is 5. The van der Waals surface area contributed by atoms with Crippen molar-refractivity contribution < 1.29 is 14.6 Å². The summed E-state index contributed by atoms with van der Waals surface area (Å²) in [5.41, 5.74) is 4.05. The van der Waals surface area contributed by atoms with E-state index in [4.69, 9.17) is 9.84 Å². The summed E-state index contributed by atoms with van der Waals surface area (Å²) < 4.78 is 7.89. The Labute approximate surface area is 202 Å². The molecule has 35 heavy (non-hydrogen) atoms. The number of aliphatic hydroxyl groups excluding tert-OH is 1. The molecule has 0 saturated heterocycles. The molecule has 5 rings (SSSR count). The average Bonchev–Trinajstić information content (AvgIpc) is 3.19. The standard InChI is InChI=1S/C28H27N3O4/c1-16(2)15-21-23(35-17(3)27(33)30-12-6-14-32)10-9-22-24(21)20-11-13-29-25-18-7-4-5-8-19(18)28(34)31(22)26(20)25/h4-5,7-11,13,17,32H,1,6,12,14-15H2,2-3H3,(H,30,33)/t17-/m0/s1. The number of rotatable bonds is 8. The first-order chi connectivity index (χ1) is 16.9. The Morgan fingerprint density at radius 1 is 1.17 bits per heavy atom. The third-order valence-electron chi connectivity index (χ3n) is 6.31. The summed E-state index contributed by atoms with van der Waals surface area (Å²) in [6.45, 7) is 8.14.